The highest BCUT2D eigenvalue weighted by molar-refractivity contribution is 5.95. The first kappa shape index (κ1) is 17.7. The zero-order chi connectivity index (χ0) is 18.8. The summed E-state index contributed by atoms with van der Waals surface area (Å²) in [5.41, 5.74) is 1.38. The van der Waals surface area contributed by atoms with E-state index >= 15 is 0 Å². The molecule has 0 radical (unpaired) electrons. The number of rotatable bonds is 2. The van der Waals surface area contributed by atoms with Gasteiger partial charge in [0, 0.05) is 26.2 Å². The molecule has 1 aliphatic heterocycles. The number of nitrogens with zero attached hydrogens (tertiary/aromatic N) is 5. The van der Waals surface area contributed by atoms with Crippen molar-refractivity contribution in [2.24, 2.45) is 0 Å². The van der Waals surface area contributed by atoms with Crippen molar-refractivity contribution in [2.45, 2.75) is 13.8 Å². The first-order valence-corrected chi connectivity index (χ1v) is 8.16. The zero-order valence-electron chi connectivity index (χ0n) is 14.5. The molecule has 0 aliphatic carbocycles. The van der Waals surface area contributed by atoms with Crippen LogP contribution in [0, 0.1) is 36.8 Å². The third-order valence-corrected chi connectivity index (χ3v) is 4.59. The highest BCUT2D eigenvalue weighted by Crippen LogP contribution is 2.23. The Hall–Kier alpha value is -3.08. The molecule has 0 saturated carbocycles. The number of piperazine rings is 1. The van der Waals surface area contributed by atoms with Gasteiger partial charge in [-0.2, -0.15) is 10.4 Å². The Morgan fingerprint density at radius 1 is 1.12 bits per heavy atom. The van der Waals surface area contributed by atoms with Crippen molar-refractivity contribution in [3.8, 4) is 6.07 Å². The first-order chi connectivity index (χ1) is 12.4. The number of amides is 1. The second kappa shape index (κ2) is 7.04. The Bertz CT molecular complexity index is 881. The van der Waals surface area contributed by atoms with Crippen LogP contribution in [0.25, 0.3) is 0 Å². The molecular weight excluding hydrogens is 340 g/mol. The van der Waals surface area contributed by atoms with Gasteiger partial charge in [0.05, 0.1) is 5.69 Å². The molecule has 1 aliphatic rings. The number of carbonyl (C=O) groups excluding carboxylic acids is 1. The summed E-state index contributed by atoms with van der Waals surface area (Å²) < 4.78 is 27.7. The van der Waals surface area contributed by atoms with Crippen LogP contribution in [0.5, 0.6) is 0 Å². The molecule has 2 heterocycles. The number of aryl methyl sites for hydroxylation is 1. The van der Waals surface area contributed by atoms with E-state index in [1.54, 1.807) is 6.92 Å². The van der Waals surface area contributed by atoms with Crippen molar-refractivity contribution in [3.63, 3.8) is 0 Å². The van der Waals surface area contributed by atoms with Gasteiger partial charge in [-0.25, -0.2) is 8.78 Å². The number of halogens is 2. The minimum atomic E-state index is -0.871. The molecule has 8 heteroatoms. The van der Waals surface area contributed by atoms with Crippen molar-refractivity contribution in [1.82, 2.24) is 15.1 Å². The van der Waals surface area contributed by atoms with E-state index in [1.807, 2.05) is 11.8 Å². The molecule has 0 N–H and O–H groups in total. The van der Waals surface area contributed by atoms with Crippen LogP contribution in [-0.4, -0.2) is 47.2 Å². The SMILES string of the molecule is Cc1nnc(N2CCN(C(=O)c3c(F)cccc3F)CC2)c(C#N)c1C. The number of aromatic nitrogens is 2. The van der Waals surface area contributed by atoms with Crippen LogP contribution in [0.2, 0.25) is 0 Å². The van der Waals surface area contributed by atoms with Gasteiger partial charge in [-0.05, 0) is 31.5 Å². The normalized spacial score (nSPS) is 14.3. The molecule has 1 saturated heterocycles. The number of anilines is 1. The Balaban J connectivity index is 1.77. The minimum Gasteiger partial charge on any atom is -0.350 e. The first-order valence-electron chi connectivity index (χ1n) is 8.16. The fraction of sp³-hybridized carbons (Fsp3) is 0.333. The van der Waals surface area contributed by atoms with E-state index in [0.717, 1.165) is 17.7 Å². The van der Waals surface area contributed by atoms with Gasteiger partial charge < -0.3 is 9.80 Å². The molecule has 0 atom stereocenters. The molecule has 6 nitrogen and oxygen atoms in total. The van der Waals surface area contributed by atoms with E-state index in [0.29, 0.717) is 30.2 Å². The lowest BCUT2D eigenvalue weighted by molar-refractivity contribution is 0.0736. The van der Waals surface area contributed by atoms with E-state index < -0.39 is 23.1 Å². The number of hydrogen-bond acceptors (Lipinski definition) is 5. The molecule has 134 valence electrons. The highest BCUT2D eigenvalue weighted by Gasteiger charge is 2.28. The average molecular weight is 357 g/mol. The summed E-state index contributed by atoms with van der Waals surface area (Å²) in [6.07, 6.45) is 0. The number of carbonyl (C=O) groups is 1. The van der Waals surface area contributed by atoms with Crippen LogP contribution in [0.3, 0.4) is 0 Å². The minimum absolute atomic E-state index is 0.270. The predicted molar refractivity (Wildman–Crippen MR) is 90.7 cm³/mol. The average Bonchev–Trinajstić information content (AvgIpc) is 2.63. The molecule has 1 fully saturated rings. The zero-order valence-corrected chi connectivity index (χ0v) is 14.5. The van der Waals surface area contributed by atoms with Gasteiger partial charge in [-0.3, -0.25) is 4.79 Å². The quantitative estimate of drug-likeness (QED) is 0.824. The molecular formula is C18H17F2N5O. The van der Waals surface area contributed by atoms with Crippen molar-refractivity contribution in [1.29, 1.82) is 5.26 Å². The molecule has 1 amide bonds. The lowest BCUT2D eigenvalue weighted by atomic mass is 10.1. The third-order valence-electron chi connectivity index (χ3n) is 4.59. The van der Waals surface area contributed by atoms with E-state index in [1.165, 1.54) is 11.0 Å². The lowest BCUT2D eigenvalue weighted by Crippen LogP contribution is -2.49. The molecule has 1 aromatic carbocycles. The van der Waals surface area contributed by atoms with Crippen LogP contribution in [0.4, 0.5) is 14.6 Å². The van der Waals surface area contributed by atoms with Crippen LogP contribution in [0.1, 0.15) is 27.2 Å². The van der Waals surface area contributed by atoms with Crippen molar-refractivity contribution in [2.75, 3.05) is 31.1 Å². The standard InChI is InChI=1S/C18H17F2N5O/c1-11-12(2)22-23-17(13(11)10-21)24-6-8-25(9-7-24)18(26)16-14(19)4-3-5-15(16)20/h3-5H,6-9H2,1-2H3. The number of benzene rings is 1. The summed E-state index contributed by atoms with van der Waals surface area (Å²) in [7, 11) is 0. The molecule has 0 unspecified atom stereocenters. The van der Waals surface area contributed by atoms with Crippen LogP contribution >= 0.6 is 0 Å². The largest absolute Gasteiger partial charge is 0.350 e. The second-order valence-corrected chi connectivity index (χ2v) is 6.10. The highest BCUT2D eigenvalue weighted by atomic mass is 19.1. The van der Waals surface area contributed by atoms with Gasteiger partial charge in [-0.1, -0.05) is 6.07 Å². The maximum absolute atomic E-state index is 13.8. The fourth-order valence-electron chi connectivity index (χ4n) is 2.93. The van der Waals surface area contributed by atoms with Gasteiger partial charge in [0.25, 0.3) is 5.91 Å². The van der Waals surface area contributed by atoms with Crippen LogP contribution in [-0.2, 0) is 0 Å². The van der Waals surface area contributed by atoms with Crippen LogP contribution in [0.15, 0.2) is 18.2 Å². The van der Waals surface area contributed by atoms with Gasteiger partial charge in [0.2, 0.25) is 0 Å². The van der Waals surface area contributed by atoms with E-state index in [4.69, 9.17) is 0 Å². The van der Waals surface area contributed by atoms with Gasteiger partial charge >= 0.3 is 0 Å². The molecule has 1 aromatic heterocycles. The Morgan fingerprint density at radius 3 is 2.31 bits per heavy atom. The summed E-state index contributed by atoms with van der Waals surface area (Å²) >= 11 is 0. The molecule has 2 aromatic rings. The number of nitriles is 1. The Morgan fingerprint density at radius 2 is 1.73 bits per heavy atom. The van der Waals surface area contributed by atoms with E-state index in [9.17, 15) is 18.8 Å². The van der Waals surface area contributed by atoms with Crippen molar-refractivity contribution >= 4 is 11.7 Å². The Labute approximate surface area is 149 Å². The second-order valence-electron chi connectivity index (χ2n) is 6.10. The summed E-state index contributed by atoms with van der Waals surface area (Å²) in [6.45, 7) is 4.93. The molecule has 0 bridgehead atoms. The fourth-order valence-corrected chi connectivity index (χ4v) is 2.93. The Kier molecular flexibility index (Phi) is 4.80. The maximum Gasteiger partial charge on any atom is 0.259 e. The van der Waals surface area contributed by atoms with Gasteiger partial charge in [0.1, 0.15) is 28.8 Å². The third kappa shape index (κ3) is 3.08. The van der Waals surface area contributed by atoms with Crippen molar-refractivity contribution < 1.29 is 13.6 Å². The molecule has 3 rings (SSSR count). The summed E-state index contributed by atoms with van der Waals surface area (Å²) in [4.78, 5) is 15.7. The molecule has 0 spiro atoms. The van der Waals surface area contributed by atoms with E-state index in [-0.39, 0.29) is 13.1 Å². The smallest absolute Gasteiger partial charge is 0.259 e. The summed E-state index contributed by atoms with van der Waals surface area (Å²) in [5, 5.41) is 17.6. The lowest BCUT2D eigenvalue weighted by Gasteiger charge is -2.35. The van der Waals surface area contributed by atoms with E-state index in [2.05, 4.69) is 16.3 Å². The monoisotopic (exact) mass is 357 g/mol. The maximum atomic E-state index is 13.8. The van der Waals surface area contributed by atoms with Crippen LogP contribution < -0.4 is 4.90 Å². The van der Waals surface area contributed by atoms with Gasteiger partial charge in [-0.15, -0.1) is 5.10 Å². The number of hydrogen-bond donors (Lipinski definition) is 0. The molecule has 26 heavy (non-hydrogen) atoms. The van der Waals surface area contributed by atoms with Gasteiger partial charge in [0.15, 0.2) is 5.82 Å². The summed E-state index contributed by atoms with van der Waals surface area (Å²) in [6, 6.07) is 5.51. The summed E-state index contributed by atoms with van der Waals surface area (Å²) in [5.74, 6) is -1.94. The van der Waals surface area contributed by atoms with Crippen molar-refractivity contribution in [3.05, 3.63) is 52.2 Å². The topological polar surface area (TPSA) is 73.1 Å². The predicted octanol–water partition coefficient (Wildman–Crippen LogP) is 2.21.